The Morgan fingerprint density at radius 3 is 2.64 bits per heavy atom. The van der Waals surface area contributed by atoms with Crippen LogP contribution in [0.15, 0.2) is 41.3 Å². The lowest BCUT2D eigenvalue weighted by Crippen LogP contribution is -2.38. The second-order valence-electron chi connectivity index (χ2n) is 9.22. The molecule has 4 rings (SSSR count). The summed E-state index contributed by atoms with van der Waals surface area (Å²) in [6.07, 6.45) is 3.92. The van der Waals surface area contributed by atoms with Crippen molar-refractivity contribution in [1.82, 2.24) is 9.80 Å². The summed E-state index contributed by atoms with van der Waals surface area (Å²) in [7, 11) is 0. The molecule has 0 saturated carbocycles. The average molecular weight is 610 g/mol. The zero-order chi connectivity index (χ0) is 27.8. The monoisotopic (exact) mass is 608 g/mol. The van der Waals surface area contributed by atoms with Crippen LogP contribution in [0.5, 0.6) is 5.75 Å². The SMILES string of the molecule is O=C(O)CCCCCN1C(=O)/C(=C/c2cc(-c3ccc(Cl)cc3Cl)ccc2OCCN2CCOCC2)SC1=S. The zero-order valence-electron chi connectivity index (χ0n) is 21.4. The molecule has 1 N–H and O–H groups in total. The number of carbonyl (C=O) groups is 2. The van der Waals surface area contributed by atoms with Crippen molar-refractivity contribution < 1.29 is 24.2 Å². The van der Waals surface area contributed by atoms with Crippen molar-refractivity contribution in [3.8, 4) is 16.9 Å². The van der Waals surface area contributed by atoms with Gasteiger partial charge in [0.05, 0.1) is 18.1 Å². The first-order valence-electron chi connectivity index (χ1n) is 12.8. The molecule has 2 aliphatic rings. The molecular formula is C28H30Cl2N2O5S2. The number of unbranched alkanes of at least 4 members (excludes halogenated alkanes) is 2. The summed E-state index contributed by atoms with van der Waals surface area (Å²) in [4.78, 5) is 28.4. The summed E-state index contributed by atoms with van der Waals surface area (Å²) in [5, 5.41) is 9.90. The largest absolute Gasteiger partial charge is 0.492 e. The maximum Gasteiger partial charge on any atom is 0.303 e. The number of hydrogen-bond donors (Lipinski definition) is 1. The van der Waals surface area contributed by atoms with E-state index in [0.717, 1.165) is 49.5 Å². The molecular weight excluding hydrogens is 579 g/mol. The summed E-state index contributed by atoms with van der Waals surface area (Å²) in [6.45, 7) is 4.94. The maximum absolute atomic E-state index is 13.2. The summed E-state index contributed by atoms with van der Waals surface area (Å²) < 4.78 is 12.1. The van der Waals surface area contributed by atoms with E-state index < -0.39 is 5.97 Å². The highest BCUT2D eigenvalue weighted by molar-refractivity contribution is 8.26. The molecule has 0 bridgehead atoms. The van der Waals surface area contributed by atoms with Gasteiger partial charge in [0.1, 0.15) is 16.7 Å². The number of morpholine rings is 1. The maximum atomic E-state index is 13.2. The van der Waals surface area contributed by atoms with Crippen molar-refractivity contribution in [1.29, 1.82) is 0 Å². The van der Waals surface area contributed by atoms with E-state index in [1.165, 1.54) is 11.8 Å². The molecule has 0 unspecified atom stereocenters. The fourth-order valence-corrected chi connectivity index (χ4v) is 6.17. The van der Waals surface area contributed by atoms with E-state index in [1.807, 2.05) is 30.3 Å². The second-order valence-corrected chi connectivity index (χ2v) is 11.7. The van der Waals surface area contributed by atoms with Gasteiger partial charge in [-0.1, -0.05) is 65.7 Å². The topological polar surface area (TPSA) is 79.3 Å². The van der Waals surface area contributed by atoms with E-state index in [4.69, 9.17) is 50.0 Å². The van der Waals surface area contributed by atoms with Crippen LogP contribution in [0, 0.1) is 0 Å². The van der Waals surface area contributed by atoms with Crippen molar-refractivity contribution in [2.75, 3.05) is 46.0 Å². The number of rotatable bonds is 12. The Bertz CT molecular complexity index is 1250. The highest BCUT2D eigenvalue weighted by Crippen LogP contribution is 2.37. The van der Waals surface area contributed by atoms with Gasteiger partial charge in [-0.25, -0.2) is 0 Å². The smallest absolute Gasteiger partial charge is 0.303 e. The zero-order valence-corrected chi connectivity index (χ0v) is 24.5. The van der Waals surface area contributed by atoms with Crippen LogP contribution in [-0.4, -0.2) is 77.1 Å². The van der Waals surface area contributed by atoms with Crippen molar-refractivity contribution in [2.24, 2.45) is 0 Å². The summed E-state index contributed by atoms with van der Waals surface area (Å²) in [6, 6.07) is 11.2. The number of thiocarbonyl (C=S) groups is 1. The van der Waals surface area contributed by atoms with E-state index in [0.29, 0.717) is 57.4 Å². The normalized spacial score (nSPS) is 17.3. The predicted octanol–water partition coefficient (Wildman–Crippen LogP) is 6.22. The van der Waals surface area contributed by atoms with Gasteiger partial charge in [-0.3, -0.25) is 19.4 Å². The van der Waals surface area contributed by atoms with Crippen molar-refractivity contribution in [3.63, 3.8) is 0 Å². The van der Waals surface area contributed by atoms with Crippen LogP contribution < -0.4 is 4.74 Å². The third-order valence-corrected chi connectivity index (χ3v) is 8.38. The lowest BCUT2D eigenvalue weighted by molar-refractivity contribution is -0.137. The van der Waals surface area contributed by atoms with Gasteiger partial charge in [0, 0.05) is 53.8 Å². The number of ether oxygens (including phenoxy) is 2. The third-order valence-electron chi connectivity index (χ3n) is 6.45. The van der Waals surface area contributed by atoms with Crippen molar-refractivity contribution in [3.05, 3.63) is 56.9 Å². The molecule has 7 nitrogen and oxygen atoms in total. The molecule has 0 spiro atoms. The highest BCUT2D eigenvalue weighted by Gasteiger charge is 2.31. The van der Waals surface area contributed by atoms with Crippen molar-refractivity contribution >= 4 is 69.5 Å². The molecule has 2 aromatic carbocycles. The Labute approximate surface area is 248 Å². The Morgan fingerprint density at radius 2 is 1.90 bits per heavy atom. The number of benzene rings is 2. The fraction of sp³-hybridized carbons (Fsp3) is 0.393. The minimum absolute atomic E-state index is 0.126. The van der Waals surface area contributed by atoms with Gasteiger partial charge in [0.25, 0.3) is 5.91 Å². The predicted molar refractivity (Wildman–Crippen MR) is 161 cm³/mol. The minimum atomic E-state index is -0.811. The average Bonchev–Trinajstić information content (AvgIpc) is 3.17. The molecule has 39 heavy (non-hydrogen) atoms. The van der Waals surface area contributed by atoms with E-state index in [9.17, 15) is 9.59 Å². The molecule has 2 aromatic rings. The van der Waals surface area contributed by atoms with Gasteiger partial charge in [-0.05, 0) is 48.7 Å². The van der Waals surface area contributed by atoms with Gasteiger partial charge in [-0.2, -0.15) is 0 Å². The fourth-order valence-electron chi connectivity index (χ4n) is 4.35. The van der Waals surface area contributed by atoms with Crippen LogP contribution in [-0.2, 0) is 14.3 Å². The lowest BCUT2D eigenvalue weighted by atomic mass is 10.0. The number of amides is 1. The first-order valence-corrected chi connectivity index (χ1v) is 14.8. The number of halogens is 2. The Kier molecular flexibility index (Phi) is 11.1. The molecule has 2 heterocycles. The summed E-state index contributed by atoms with van der Waals surface area (Å²) in [5.41, 5.74) is 2.45. The highest BCUT2D eigenvalue weighted by atomic mass is 35.5. The quantitative estimate of drug-likeness (QED) is 0.173. The van der Waals surface area contributed by atoms with Crippen LogP contribution in [0.25, 0.3) is 17.2 Å². The number of hydrogen-bond acceptors (Lipinski definition) is 7. The molecule has 0 radical (unpaired) electrons. The Hall–Kier alpha value is -2.14. The number of carbonyl (C=O) groups excluding carboxylic acids is 1. The van der Waals surface area contributed by atoms with E-state index in [1.54, 1.807) is 17.0 Å². The third kappa shape index (κ3) is 8.42. The standard InChI is InChI=1S/C28H30Cl2N2O5S2/c29-21-6-7-22(23(30)18-21)19-5-8-24(37-15-12-31-10-13-36-14-11-31)20(16-19)17-25-27(35)32(28(38)39-25)9-3-1-2-4-26(33)34/h5-8,16-18H,1-4,9-15H2,(H,33,34)/b25-17-. The Morgan fingerprint density at radius 1 is 1.10 bits per heavy atom. The summed E-state index contributed by atoms with van der Waals surface area (Å²) >= 11 is 19.3. The molecule has 0 aromatic heterocycles. The molecule has 0 atom stereocenters. The van der Waals surface area contributed by atoms with E-state index >= 15 is 0 Å². The number of carboxylic acids is 1. The molecule has 208 valence electrons. The van der Waals surface area contributed by atoms with Crippen LogP contribution in [0.3, 0.4) is 0 Å². The number of aliphatic carboxylic acids is 1. The molecule has 11 heteroatoms. The van der Waals surface area contributed by atoms with Crippen LogP contribution in [0.1, 0.15) is 31.2 Å². The van der Waals surface area contributed by atoms with Gasteiger partial charge >= 0.3 is 5.97 Å². The Balaban J connectivity index is 1.53. The van der Waals surface area contributed by atoms with Crippen molar-refractivity contribution in [2.45, 2.75) is 25.7 Å². The summed E-state index contributed by atoms with van der Waals surface area (Å²) in [5.74, 6) is -0.304. The van der Waals surface area contributed by atoms with Crippen LogP contribution in [0.2, 0.25) is 10.0 Å². The van der Waals surface area contributed by atoms with E-state index in [-0.39, 0.29) is 12.3 Å². The first kappa shape index (κ1) is 29.8. The second kappa shape index (κ2) is 14.5. The lowest BCUT2D eigenvalue weighted by Gasteiger charge is -2.26. The van der Waals surface area contributed by atoms with Gasteiger partial charge in [-0.15, -0.1) is 0 Å². The molecule has 0 aliphatic carbocycles. The molecule has 2 fully saturated rings. The molecule has 2 saturated heterocycles. The number of carboxylic acid groups (broad SMARTS) is 1. The molecule has 1 amide bonds. The number of thioether (sulfide) groups is 1. The van der Waals surface area contributed by atoms with Gasteiger partial charge in [0.2, 0.25) is 0 Å². The van der Waals surface area contributed by atoms with Gasteiger partial charge < -0.3 is 14.6 Å². The van der Waals surface area contributed by atoms with Gasteiger partial charge in [0.15, 0.2) is 0 Å². The number of nitrogens with zero attached hydrogens (tertiary/aromatic N) is 2. The van der Waals surface area contributed by atoms with Crippen LogP contribution >= 0.6 is 47.2 Å². The van der Waals surface area contributed by atoms with Crippen LogP contribution in [0.4, 0.5) is 0 Å². The van der Waals surface area contributed by atoms with E-state index in [2.05, 4.69) is 4.90 Å². The molecule has 2 aliphatic heterocycles. The first-order chi connectivity index (χ1) is 18.8. The minimum Gasteiger partial charge on any atom is -0.492 e.